The highest BCUT2D eigenvalue weighted by Crippen LogP contribution is 2.33. The SMILES string of the molecule is CCCCCC(=O)O[C@H]1[C@H](Oc2cc(CC(=O)CCc3ccc(O)cc3)c(O)c(C(=O)O)c2)O[C@H](CO)[C@@H](O)[C@@H]1O. The number of phenols is 2. The first kappa shape index (κ1) is 31.8. The highest BCUT2D eigenvalue weighted by Gasteiger charge is 2.48. The number of aromatic carboxylic acids is 1. The summed E-state index contributed by atoms with van der Waals surface area (Å²) < 4.78 is 16.7. The van der Waals surface area contributed by atoms with Crippen molar-refractivity contribution in [3.05, 3.63) is 53.1 Å². The van der Waals surface area contributed by atoms with Crippen LogP contribution in [-0.4, -0.2) is 85.7 Å². The lowest BCUT2D eigenvalue weighted by molar-refractivity contribution is -0.282. The molecule has 1 heterocycles. The van der Waals surface area contributed by atoms with Crippen molar-refractivity contribution in [2.45, 2.75) is 82.6 Å². The predicted molar refractivity (Wildman–Crippen MR) is 143 cm³/mol. The Kier molecular flexibility index (Phi) is 11.5. The Morgan fingerprint density at radius 3 is 2.32 bits per heavy atom. The summed E-state index contributed by atoms with van der Waals surface area (Å²) in [5.41, 5.74) is 0.193. The van der Waals surface area contributed by atoms with E-state index in [9.17, 15) is 45.0 Å². The molecule has 224 valence electrons. The number of rotatable bonds is 14. The number of carboxylic acids is 1. The zero-order chi connectivity index (χ0) is 30.1. The van der Waals surface area contributed by atoms with Crippen molar-refractivity contribution in [1.82, 2.24) is 0 Å². The minimum absolute atomic E-state index is 0.0428. The number of benzene rings is 2. The molecule has 0 saturated carbocycles. The second-order valence-electron chi connectivity index (χ2n) is 9.90. The smallest absolute Gasteiger partial charge is 0.339 e. The molecular weight excluding hydrogens is 540 g/mol. The minimum Gasteiger partial charge on any atom is -0.508 e. The number of esters is 1. The molecular formula is C29H36O12. The maximum atomic E-state index is 12.7. The number of hydrogen-bond donors (Lipinski definition) is 6. The molecule has 1 saturated heterocycles. The van der Waals surface area contributed by atoms with Crippen LogP contribution in [0.1, 0.15) is 60.5 Å². The molecule has 0 aliphatic carbocycles. The van der Waals surface area contributed by atoms with Crippen molar-refractivity contribution in [3.8, 4) is 17.2 Å². The molecule has 0 radical (unpaired) electrons. The van der Waals surface area contributed by atoms with Crippen molar-refractivity contribution < 1.29 is 59.2 Å². The maximum Gasteiger partial charge on any atom is 0.339 e. The average molecular weight is 577 g/mol. The van der Waals surface area contributed by atoms with Crippen molar-refractivity contribution in [1.29, 1.82) is 0 Å². The van der Waals surface area contributed by atoms with Gasteiger partial charge in [0.15, 0.2) is 6.10 Å². The second-order valence-corrected chi connectivity index (χ2v) is 9.90. The lowest BCUT2D eigenvalue weighted by atomic mass is 9.98. The van der Waals surface area contributed by atoms with Gasteiger partial charge in [0.25, 0.3) is 0 Å². The van der Waals surface area contributed by atoms with Gasteiger partial charge in [0.05, 0.1) is 6.61 Å². The molecule has 2 aromatic carbocycles. The summed E-state index contributed by atoms with van der Waals surface area (Å²) in [7, 11) is 0. The lowest BCUT2D eigenvalue weighted by Crippen LogP contribution is -2.61. The van der Waals surface area contributed by atoms with Gasteiger partial charge in [-0.15, -0.1) is 0 Å². The minimum atomic E-state index is -1.70. The number of carbonyl (C=O) groups excluding carboxylic acids is 2. The van der Waals surface area contributed by atoms with Crippen LogP contribution in [0, 0.1) is 0 Å². The van der Waals surface area contributed by atoms with Crippen molar-refractivity contribution in [2.75, 3.05) is 6.61 Å². The molecule has 41 heavy (non-hydrogen) atoms. The van der Waals surface area contributed by atoms with E-state index in [-0.39, 0.29) is 42.1 Å². The number of aryl methyl sites for hydroxylation is 1. The predicted octanol–water partition coefficient (Wildman–Crippen LogP) is 1.85. The van der Waals surface area contributed by atoms with Crippen molar-refractivity contribution in [2.24, 2.45) is 0 Å². The number of Topliss-reactive ketones (excluding diaryl/α,β-unsaturated/α-hetero) is 1. The molecule has 0 spiro atoms. The van der Waals surface area contributed by atoms with Crippen LogP contribution in [0.3, 0.4) is 0 Å². The summed E-state index contributed by atoms with van der Waals surface area (Å²) in [6, 6.07) is 8.53. The number of aliphatic hydroxyl groups is 3. The molecule has 0 bridgehead atoms. The van der Waals surface area contributed by atoms with E-state index >= 15 is 0 Å². The van der Waals surface area contributed by atoms with Crippen LogP contribution in [0.15, 0.2) is 36.4 Å². The van der Waals surface area contributed by atoms with E-state index in [1.54, 1.807) is 12.1 Å². The largest absolute Gasteiger partial charge is 0.508 e. The molecule has 6 N–H and O–H groups in total. The van der Waals surface area contributed by atoms with Gasteiger partial charge in [-0.2, -0.15) is 0 Å². The summed E-state index contributed by atoms with van der Waals surface area (Å²) >= 11 is 0. The van der Waals surface area contributed by atoms with E-state index < -0.39 is 60.6 Å². The Bertz CT molecular complexity index is 1200. The number of aromatic hydroxyl groups is 2. The lowest BCUT2D eigenvalue weighted by Gasteiger charge is -2.41. The molecule has 0 amide bonds. The van der Waals surface area contributed by atoms with Gasteiger partial charge < -0.3 is 44.8 Å². The van der Waals surface area contributed by atoms with Gasteiger partial charge in [-0.1, -0.05) is 31.9 Å². The molecule has 12 nitrogen and oxygen atoms in total. The number of unbranched alkanes of at least 4 members (excludes halogenated alkanes) is 2. The van der Waals surface area contributed by atoms with Gasteiger partial charge in [-0.3, -0.25) is 9.59 Å². The van der Waals surface area contributed by atoms with Crippen LogP contribution in [0.4, 0.5) is 0 Å². The van der Waals surface area contributed by atoms with Crippen molar-refractivity contribution >= 4 is 17.7 Å². The zero-order valence-electron chi connectivity index (χ0n) is 22.6. The number of carbonyl (C=O) groups is 3. The fourth-order valence-corrected chi connectivity index (χ4v) is 4.42. The Morgan fingerprint density at radius 2 is 1.68 bits per heavy atom. The van der Waals surface area contributed by atoms with Crippen LogP contribution in [0.2, 0.25) is 0 Å². The van der Waals surface area contributed by atoms with Crippen molar-refractivity contribution in [3.63, 3.8) is 0 Å². The third-order valence-electron chi connectivity index (χ3n) is 6.74. The van der Waals surface area contributed by atoms with Crippen LogP contribution in [-0.2, 0) is 31.9 Å². The maximum absolute atomic E-state index is 12.7. The van der Waals surface area contributed by atoms with Crippen LogP contribution >= 0.6 is 0 Å². The highest BCUT2D eigenvalue weighted by atomic mass is 16.7. The summed E-state index contributed by atoms with van der Waals surface area (Å²) in [4.78, 5) is 36.9. The molecule has 2 aromatic rings. The monoisotopic (exact) mass is 576 g/mol. The summed E-state index contributed by atoms with van der Waals surface area (Å²) in [5.74, 6) is -3.21. The normalized spacial score (nSPS) is 22.2. The molecule has 0 unspecified atom stereocenters. The third-order valence-corrected chi connectivity index (χ3v) is 6.74. The van der Waals surface area contributed by atoms with Gasteiger partial charge in [-0.05, 0) is 42.7 Å². The van der Waals surface area contributed by atoms with Gasteiger partial charge >= 0.3 is 11.9 Å². The fraction of sp³-hybridized carbons (Fsp3) is 0.483. The van der Waals surface area contributed by atoms with Gasteiger partial charge in [-0.25, -0.2) is 4.79 Å². The second kappa shape index (κ2) is 14.8. The summed E-state index contributed by atoms with van der Waals surface area (Å²) in [5, 5.41) is 60.2. The molecule has 3 rings (SSSR count). The number of carboxylic acid groups (broad SMARTS) is 1. The zero-order valence-corrected chi connectivity index (χ0v) is 22.6. The summed E-state index contributed by atoms with van der Waals surface area (Å²) in [6.07, 6.45) is -5.39. The Hall–Kier alpha value is -3.71. The first-order valence-electron chi connectivity index (χ1n) is 13.4. The summed E-state index contributed by atoms with van der Waals surface area (Å²) in [6.45, 7) is 1.26. The van der Waals surface area contributed by atoms with E-state index in [1.807, 2.05) is 6.92 Å². The van der Waals surface area contributed by atoms with Crippen LogP contribution < -0.4 is 4.74 Å². The topological polar surface area (TPSA) is 200 Å². The molecule has 5 atom stereocenters. The number of ether oxygens (including phenoxy) is 3. The molecule has 1 fully saturated rings. The van der Waals surface area contributed by atoms with Crippen LogP contribution in [0.5, 0.6) is 17.2 Å². The highest BCUT2D eigenvalue weighted by molar-refractivity contribution is 5.93. The number of phenolic OH excluding ortho intramolecular Hbond substituents is 1. The first-order valence-corrected chi connectivity index (χ1v) is 13.4. The molecule has 1 aliphatic rings. The molecule has 12 heteroatoms. The number of ketones is 1. The van der Waals surface area contributed by atoms with E-state index in [1.165, 1.54) is 18.2 Å². The van der Waals surface area contributed by atoms with Gasteiger partial charge in [0, 0.05) is 24.8 Å². The van der Waals surface area contributed by atoms with E-state index in [2.05, 4.69) is 0 Å². The Labute approximate surface area is 236 Å². The molecule has 1 aliphatic heterocycles. The average Bonchev–Trinajstić information content (AvgIpc) is 2.94. The standard InChI is InChI=1S/C29H36O12/c1-2-3-4-5-23(33)41-27-26(36)25(35)22(15-30)40-29(27)39-20-13-17(24(34)21(14-20)28(37)38)12-19(32)11-8-16-6-9-18(31)10-7-16/h6-7,9-10,13-14,22,25-27,29-31,34-36H,2-5,8,11-12,15H2,1H3,(H,37,38)/t22-,25-,26+,27-,29-/m1/s1. The van der Waals surface area contributed by atoms with Gasteiger partial charge in [0.1, 0.15) is 46.9 Å². The van der Waals surface area contributed by atoms with Gasteiger partial charge in [0.2, 0.25) is 6.29 Å². The number of aliphatic hydroxyl groups excluding tert-OH is 3. The van der Waals surface area contributed by atoms with E-state index in [0.717, 1.165) is 24.5 Å². The third kappa shape index (κ3) is 8.64. The Balaban J connectivity index is 1.82. The first-order chi connectivity index (χ1) is 19.5. The quantitative estimate of drug-likeness (QED) is 0.141. The van der Waals surface area contributed by atoms with Crippen LogP contribution in [0.25, 0.3) is 0 Å². The fourth-order valence-electron chi connectivity index (χ4n) is 4.42. The van der Waals surface area contributed by atoms with E-state index in [4.69, 9.17) is 14.2 Å². The molecule has 0 aromatic heterocycles. The number of hydrogen-bond acceptors (Lipinski definition) is 11. The Morgan fingerprint density at radius 1 is 0.976 bits per heavy atom. The van der Waals surface area contributed by atoms with E-state index in [0.29, 0.717) is 12.8 Å².